The van der Waals surface area contributed by atoms with Gasteiger partial charge in [-0.05, 0) is 88.7 Å². The van der Waals surface area contributed by atoms with Crippen molar-refractivity contribution in [3.63, 3.8) is 0 Å². The van der Waals surface area contributed by atoms with Gasteiger partial charge in [-0.2, -0.15) is 0 Å². The summed E-state index contributed by atoms with van der Waals surface area (Å²) in [6.45, 7) is 12.2. The molecule has 0 radical (unpaired) electrons. The third-order valence-corrected chi connectivity index (χ3v) is 8.91. The van der Waals surface area contributed by atoms with E-state index in [-0.39, 0.29) is 6.17 Å². The number of aliphatic imine (C=N–C) groups is 2. The van der Waals surface area contributed by atoms with Gasteiger partial charge in [0.1, 0.15) is 6.17 Å². The first-order valence-electron chi connectivity index (χ1n) is 15.1. The number of piperidine rings is 1. The number of fused-ring (bicyclic) bond motifs is 1. The van der Waals surface area contributed by atoms with E-state index >= 15 is 0 Å². The maximum atomic E-state index is 5.26. The fraction of sp³-hybridized carbons (Fsp3) is 0.562. The lowest BCUT2D eigenvalue weighted by atomic mass is 9.90. The number of benzene rings is 2. The molecule has 2 unspecified atom stereocenters. The van der Waals surface area contributed by atoms with Crippen LogP contribution in [0.5, 0.6) is 0 Å². The van der Waals surface area contributed by atoms with Crippen molar-refractivity contribution in [3.8, 4) is 0 Å². The predicted molar refractivity (Wildman–Crippen MR) is 162 cm³/mol. The molecule has 0 aliphatic carbocycles. The largest absolute Gasteiger partial charge is 0.369 e. The van der Waals surface area contributed by atoms with E-state index in [9.17, 15) is 0 Å². The smallest absolute Gasteiger partial charge is 0.156 e. The topological polar surface area (TPSA) is 49.7 Å². The number of hydrogen-bond donors (Lipinski definition) is 1. The highest BCUT2D eigenvalue weighted by atomic mass is 15.2. The minimum Gasteiger partial charge on any atom is -0.369 e. The molecule has 39 heavy (non-hydrogen) atoms. The predicted octanol–water partition coefficient (Wildman–Crippen LogP) is 3.56. The van der Waals surface area contributed by atoms with Gasteiger partial charge in [-0.3, -0.25) is 10.2 Å². The van der Waals surface area contributed by atoms with Crippen molar-refractivity contribution in [1.29, 1.82) is 0 Å². The lowest BCUT2D eigenvalue weighted by molar-refractivity contribution is 0.208. The van der Waals surface area contributed by atoms with Gasteiger partial charge in [0.2, 0.25) is 0 Å². The Morgan fingerprint density at radius 3 is 2.38 bits per heavy atom. The number of likely N-dealkylation sites (tertiary alicyclic amines) is 2. The van der Waals surface area contributed by atoms with Crippen molar-refractivity contribution in [2.75, 3.05) is 77.4 Å². The van der Waals surface area contributed by atoms with Crippen molar-refractivity contribution in [3.05, 3.63) is 65.7 Å². The molecule has 7 nitrogen and oxygen atoms in total. The molecule has 0 saturated carbocycles. The molecule has 4 heterocycles. The highest BCUT2D eigenvalue weighted by molar-refractivity contribution is 6.09. The van der Waals surface area contributed by atoms with Gasteiger partial charge in [0.05, 0.1) is 0 Å². The summed E-state index contributed by atoms with van der Waals surface area (Å²) in [6.07, 6.45) is 4.99. The van der Waals surface area contributed by atoms with Gasteiger partial charge in [-0.1, -0.05) is 30.3 Å². The van der Waals surface area contributed by atoms with E-state index < -0.39 is 0 Å². The number of amidine groups is 1. The van der Waals surface area contributed by atoms with Crippen LogP contribution in [0.2, 0.25) is 0 Å². The van der Waals surface area contributed by atoms with Crippen molar-refractivity contribution < 1.29 is 0 Å². The first kappa shape index (κ1) is 26.6. The van der Waals surface area contributed by atoms with Crippen molar-refractivity contribution in [1.82, 2.24) is 20.0 Å². The van der Waals surface area contributed by atoms with Crippen LogP contribution in [0.4, 0.5) is 5.69 Å². The summed E-state index contributed by atoms with van der Waals surface area (Å²) < 4.78 is 0. The first-order chi connectivity index (χ1) is 19.2. The van der Waals surface area contributed by atoms with Crippen LogP contribution in [0.1, 0.15) is 36.8 Å². The van der Waals surface area contributed by atoms with Crippen LogP contribution in [0.25, 0.3) is 0 Å². The second-order valence-corrected chi connectivity index (χ2v) is 11.8. The first-order valence-corrected chi connectivity index (χ1v) is 15.1. The van der Waals surface area contributed by atoms with Crippen LogP contribution in [0.15, 0.2) is 64.6 Å². The zero-order chi connectivity index (χ0) is 26.4. The summed E-state index contributed by atoms with van der Waals surface area (Å²) in [5.41, 5.74) is 5.15. The molecular formula is C32H45N7. The van der Waals surface area contributed by atoms with Gasteiger partial charge in [0, 0.05) is 68.7 Å². The number of anilines is 1. The summed E-state index contributed by atoms with van der Waals surface area (Å²) in [5.74, 6) is 1.24. The number of nitrogens with one attached hydrogen (secondary N) is 1. The molecule has 3 saturated heterocycles. The highest BCUT2D eigenvalue weighted by Crippen LogP contribution is 2.26. The van der Waals surface area contributed by atoms with Crippen molar-refractivity contribution in [2.45, 2.75) is 38.4 Å². The Morgan fingerprint density at radius 1 is 0.846 bits per heavy atom. The molecule has 4 aliphatic rings. The Hall–Kier alpha value is -2.58. The number of rotatable bonds is 9. The summed E-state index contributed by atoms with van der Waals surface area (Å²) in [6, 6.07) is 19.8. The second kappa shape index (κ2) is 12.7. The summed E-state index contributed by atoms with van der Waals surface area (Å²) >= 11 is 0. The minimum absolute atomic E-state index is 0.0851. The molecule has 6 rings (SSSR count). The maximum Gasteiger partial charge on any atom is 0.156 e. The van der Waals surface area contributed by atoms with Crippen LogP contribution < -0.4 is 10.2 Å². The van der Waals surface area contributed by atoms with E-state index in [1.54, 1.807) is 0 Å². The molecule has 0 aromatic heterocycles. The van der Waals surface area contributed by atoms with E-state index in [0.717, 1.165) is 70.2 Å². The molecule has 0 amide bonds. The van der Waals surface area contributed by atoms with Crippen LogP contribution in [0.3, 0.4) is 0 Å². The third-order valence-electron chi connectivity index (χ3n) is 8.91. The zero-order valence-corrected chi connectivity index (χ0v) is 23.6. The van der Waals surface area contributed by atoms with Gasteiger partial charge in [0.25, 0.3) is 0 Å². The Bertz CT molecular complexity index is 1110. The van der Waals surface area contributed by atoms with E-state index in [1.165, 1.54) is 55.9 Å². The van der Waals surface area contributed by atoms with Crippen LogP contribution in [-0.2, 0) is 6.54 Å². The second-order valence-electron chi connectivity index (χ2n) is 11.8. The average molecular weight is 528 g/mol. The highest BCUT2D eigenvalue weighted by Gasteiger charge is 2.35. The monoisotopic (exact) mass is 527 g/mol. The van der Waals surface area contributed by atoms with E-state index in [2.05, 4.69) is 86.6 Å². The number of hydrogen-bond acceptors (Lipinski definition) is 7. The van der Waals surface area contributed by atoms with Crippen LogP contribution >= 0.6 is 0 Å². The normalized spacial score (nSPS) is 24.9. The Kier molecular flexibility index (Phi) is 8.69. The molecule has 7 heteroatoms. The number of nitrogens with zero attached hydrogens (tertiary/aromatic N) is 6. The molecule has 2 atom stereocenters. The van der Waals surface area contributed by atoms with Crippen LogP contribution in [0, 0.1) is 5.92 Å². The summed E-state index contributed by atoms with van der Waals surface area (Å²) in [4.78, 5) is 20.5. The molecule has 208 valence electrons. The maximum absolute atomic E-state index is 5.26. The molecule has 4 aliphatic heterocycles. The minimum atomic E-state index is 0.0851. The quantitative estimate of drug-likeness (QED) is 0.506. The number of likely N-dealkylation sites (N-methyl/N-ethyl adjacent to an activating group) is 1. The zero-order valence-electron chi connectivity index (χ0n) is 23.6. The SMILES string of the molecule is CN1CCN(c2ccc(C3=NC(NCCCN4CCCC4)C4CN(Cc5ccccc5)CCC4=N3)cc2)CC1. The fourth-order valence-corrected chi connectivity index (χ4v) is 6.50. The molecule has 3 fully saturated rings. The van der Waals surface area contributed by atoms with Gasteiger partial charge in [-0.15, -0.1) is 0 Å². The van der Waals surface area contributed by atoms with Gasteiger partial charge >= 0.3 is 0 Å². The standard InChI is InChI=1S/C32H45N7/c1-36-20-22-39(23-21-36)28-12-10-27(11-13-28)31-34-30-14-19-38(24-26-8-3-2-4-9-26)25-29(30)32(35-31)33-15-7-18-37-16-5-6-17-37/h2-4,8-13,29,32-33H,5-7,14-25H2,1H3. The fourth-order valence-electron chi connectivity index (χ4n) is 6.50. The van der Waals surface area contributed by atoms with Crippen molar-refractivity contribution >= 4 is 17.2 Å². The molecular weight excluding hydrogens is 482 g/mol. The summed E-state index contributed by atoms with van der Waals surface area (Å²) in [7, 11) is 2.21. The Labute approximate surface area is 234 Å². The molecule has 0 spiro atoms. The van der Waals surface area contributed by atoms with Crippen LogP contribution in [-0.4, -0.2) is 105 Å². The van der Waals surface area contributed by atoms with E-state index in [0.29, 0.717) is 5.92 Å². The number of piperazine rings is 1. The Balaban J connectivity index is 1.15. The third kappa shape index (κ3) is 6.77. The van der Waals surface area contributed by atoms with E-state index in [4.69, 9.17) is 9.98 Å². The average Bonchev–Trinajstić information content (AvgIpc) is 3.50. The lowest BCUT2D eigenvalue weighted by Gasteiger charge is -2.39. The van der Waals surface area contributed by atoms with E-state index in [1.807, 2.05) is 0 Å². The molecule has 2 aromatic rings. The molecule has 1 N–H and O–H groups in total. The van der Waals surface area contributed by atoms with Gasteiger partial charge in [-0.25, -0.2) is 9.98 Å². The summed E-state index contributed by atoms with van der Waals surface area (Å²) in [5, 5.41) is 3.86. The Morgan fingerprint density at radius 2 is 1.62 bits per heavy atom. The van der Waals surface area contributed by atoms with Gasteiger partial charge in [0.15, 0.2) is 5.84 Å². The molecule has 0 bridgehead atoms. The van der Waals surface area contributed by atoms with Gasteiger partial charge < -0.3 is 14.7 Å². The lowest BCUT2D eigenvalue weighted by Crippen LogP contribution is -2.51. The van der Waals surface area contributed by atoms with Crippen molar-refractivity contribution in [2.24, 2.45) is 15.9 Å². The molecule has 2 aromatic carbocycles.